The fourth-order valence-electron chi connectivity index (χ4n) is 2.84. The lowest BCUT2D eigenvalue weighted by Gasteiger charge is -2.07. The number of amides is 1. The Bertz CT molecular complexity index is 1040. The van der Waals surface area contributed by atoms with Crippen LogP contribution in [0.2, 0.25) is 0 Å². The lowest BCUT2D eigenvalue weighted by molar-refractivity contribution is -0.115. The van der Waals surface area contributed by atoms with Crippen LogP contribution in [0.15, 0.2) is 17.2 Å². The number of rotatable bonds is 10. The van der Waals surface area contributed by atoms with E-state index in [0.717, 1.165) is 29.9 Å². The number of nitrogens with zero attached hydrogens (tertiary/aromatic N) is 2. The second kappa shape index (κ2) is 12.2. The van der Waals surface area contributed by atoms with E-state index in [1.807, 2.05) is 6.07 Å². The van der Waals surface area contributed by atoms with E-state index in [1.54, 1.807) is 19.9 Å². The molecule has 0 fully saturated rings. The Morgan fingerprint density at radius 3 is 2.62 bits per heavy atom. The maximum Gasteiger partial charge on any atom is 0.348 e. The van der Waals surface area contributed by atoms with E-state index in [9.17, 15) is 19.6 Å². The lowest BCUT2D eigenvalue weighted by Crippen LogP contribution is -2.14. The maximum absolute atomic E-state index is 12.5. The summed E-state index contributed by atoms with van der Waals surface area (Å²) in [5.74, 6) is -1.14. The summed E-state index contributed by atoms with van der Waals surface area (Å²) in [6.07, 6.45) is 1.89. The van der Waals surface area contributed by atoms with Gasteiger partial charge in [-0.05, 0) is 38.0 Å². The predicted molar refractivity (Wildman–Crippen MR) is 123 cm³/mol. The topological polar surface area (TPSA) is 118 Å². The molecule has 0 saturated carbocycles. The number of nitrogens with one attached hydrogen (secondary N) is 1. The van der Waals surface area contributed by atoms with Crippen molar-refractivity contribution in [3.05, 3.63) is 39.4 Å². The zero-order valence-corrected chi connectivity index (χ0v) is 20.1. The number of anilines is 1. The van der Waals surface area contributed by atoms with Crippen LogP contribution in [0.4, 0.5) is 5.00 Å². The fraction of sp³-hybridized carbons (Fsp3) is 0.409. The van der Waals surface area contributed by atoms with E-state index >= 15 is 0 Å². The molecule has 0 radical (unpaired) electrons. The number of carbonyl (C=O) groups excluding carboxylic acids is 3. The number of hydrogen-bond acceptors (Lipinski definition) is 9. The smallest absolute Gasteiger partial charge is 0.348 e. The van der Waals surface area contributed by atoms with E-state index in [0.29, 0.717) is 21.9 Å². The van der Waals surface area contributed by atoms with Crippen molar-refractivity contribution in [2.24, 2.45) is 0 Å². The number of ether oxygens (including phenoxy) is 2. The summed E-state index contributed by atoms with van der Waals surface area (Å²) in [5, 5.41) is 12.8. The van der Waals surface area contributed by atoms with Crippen molar-refractivity contribution >= 4 is 45.9 Å². The minimum atomic E-state index is -0.644. The van der Waals surface area contributed by atoms with Crippen LogP contribution in [-0.2, 0) is 20.7 Å². The van der Waals surface area contributed by atoms with Crippen molar-refractivity contribution in [1.82, 2.24) is 4.98 Å². The Kier molecular flexibility index (Phi) is 9.68. The van der Waals surface area contributed by atoms with E-state index in [1.165, 1.54) is 18.9 Å². The Balaban J connectivity index is 2.11. The van der Waals surface area contributed by atoms with E-state index in [4.69, 9.17) is 9.47 Å². The molecule has 0 aliphatic rings. The van der Waals surface area contributed by atoms with Crippen LogP contribution >= 0.6 is 23.1 Å². The molecule has 170 valence electrons. The number of carbonyl (C=O) groups is 3. The molecular formula is C22H25N3O5S2. The van der Waals surface area contributed by atoms with Gasteiger partial charge in [-0.1, -0.05) is 13.3 Å². The van der Waals surface area contributed by atoms with Gasteiger partial charge in [0.05, 0.1) is 24.8 Å². The molecule has 0 aromatic carbocycles. The number of thiophene rings is 1. The Labute approximate surface area is 195 Å². The first kappa shape index (κ1) is 25.4. The average Bonchev–Trinajstić information content (AvgIpc) is 3.09. The summed E-state index contributed by atoms with van der Waals surface area (Å²) in [6, 6.07) is 5.71. The number of esters is 2. The summed E-state index contributed by atoms with van der Waals surface area (Å²) in [4.78, 5) is 41.7. The normalized spacial score (nSPS) is 10.3. The Morgan fingerprint density at radius 1 is 1.25 bits per heavy atom. The summed E-state index contributed by atoms with van der Waals surface area (Å²) in [6.45, 7) is 5.55. The Hall–Kier alpha value is -2.90. The van der Waals surface area contributed by atoms with Gasteiger partial charge in [-0.2, -0.15) is 5.26 Å². The summed E-state index contributed by atoms with van der Waals surface area (Å²) in [7, 11) is 1.23. The van der Waals surface area contributed by atoms with Crippen molar-refractivity contribution in [2.45, 2.75) is 45.1 Å². The molecule has 10 heteroatoms. The van der Waals surface area contributed by atoms with Crippen LogP contribution in [0.5, 0.6) is 0 Å². The first-order chi connectivity index (χ1) is 15.4. The molecule has 2 aromatic rings. The van der Waals surface area contributed by atoms with Gasteiger partial charge in [-0.3, -0.25) is 4.79 Å². The van der Waals surface area contributed by atoms with Gasteiger partial charge in [-0.15, -0.1) is 23.1 Å². The quantitative estimate of drug-likeness (QED) is 0.398. The van der Waals surface area contributed by atoms with Crippen molar-refractivity contribution in [3.63, 3.8) is 0 Å². The summed E-state index contributed by atoms with van der Waals surface area (Å²) >= 11 is 2.31. The van der Waals surface area contributed by atoms with E-state index in [2.05, 4.69) is 23.3 Å². The number of hydrogen-bond donors (Lipinski definition) is 1. The van der Waals surface area contributed by atoms with E-state index < -0.39 is 11.9 Å². The SMILES string of the molecule is CCCc1ccc(C#N)c(SCCC(=O)Nc2sc(C(=O)OCC)c(C)c2C(=O)OC)n1. The van der Waals surface area contributed by atoms with Gasteiger partial charge in [0.1, 0.15) is 21.0 Å². The van der Waals surface area contributed by atoms with Crippen LogP contribution in [0.25, 0.3) is 0 Å². The molecule has 2 aromatic heterocycles. The fourth-order valence-corrected chi connectivity index (χ4v) is 4.88. The van der Waals surface area contributed by atoms with Gasteiger partial charge in [0, 0.05) is 17.9 Å². The third-order valence-electron chi connectivity index (χ3n) is 4.36. The lowest BCUT2D eigenvalue weighted by atomic mass is 10.1. The average molecular weight is 476 g/mol. The van der Waals surface area contributed by atoms with Gasteiger partial charge in [0.25, 0.3) is 0 Å². The van der Waals surface area contributed by atoms with Crippen LogP contribution in [0.3, 0.4) is 0 Å². The molecule has 1 N–H and O–H groups in total. The predicted octanol–water partition coefficient (Wildman–Crippen LogP) is 4.36. The first-order valence-electron chi connectivity index (χ1n) is 10.1. The van der Waals surface area contributed by atoms with Crippen LogP contribution < -0.4 is 5.32 Å². The van der Waals surface area contributed by atoms with Crippen molar-refractivity contribution in [1.29, 1.82) is 5.26 Å². The molecule has 0 bridgehead atoms. The number of nitriles is 1. The zero-order chi connectivity index (χ0) is 23.7. The molecule has 32 heavy (non-hydrogen) atoms. The number of thioether (sulfide) groups is 1. The van der Waals surface area contributed by atoms with Crippen molar-refractivity contribution in [3.8, 4) is 6.07 Å². The zero-order valence-electron chi connectivity index (χ0n) is 18.4. The van der Waals surface area contributed by atoms with Crippen molar-refractivity contribution in [2.75, 3.05) is 24.8 Å². The highest BCUT2D eigenvalue weighted by molar-refractivity contribution is 7.99. The number of methoxy groups -OCH3 is 1. The number of aryl methyl sites for hydroxylation is 1. The second-order valence-electron chi connectivity index (χ2n) is 6.64. The molecule has 1 amide bonds. The largest absolute Gasteiger partial charge is 0.465 e. The molecule has 0 aliphatic heterocycles. The number of aromatic nitrogens is 1. The maximum atomic E-state index is 12.5. The molecule has 2 heterocycles. The number of pyridine rings is 1. The molecule has 0 unspecified atom stereocenters. The molecule has 0 atom stereocenters. The van der Waals surface area contributed by atoms with Gasteiger partial charge >= 0.3 is 11.9 Å². The molecule has 0 saturated heterocycles. The molecule has 0 aliphatic carbocycles. The highest BCUT2D eigenvalue weighted by Crippen LogP contribution is 2.34. The summed E-state index contributed by atoms with van der Waals surface area (Å²) in [5.41, 5.74) is 1.92. The minimum Gasteiger partial charge on any atom is -0.465 e. The van der Waals surface area contributed by atoms with Gasteiger partial charge in [0.15, 0.2) is 0 Å². The third kappa shape index (κ3) is 6.31. The first-order valence-corrected chi connectivity index (χ1v) is 11.9. The summed E-state index contributed by atoms with van der Waals surface area (Å²) < 4.78 is 9.84. The van der Waals surface area contributed by atoms with Gasteiger partial charge < -0.3 is 14.8 Å². The highest BCUT2D eigenvalue weighted by Gasteiger charge is 2.27. The van der Waals surface area contributed by atoms with Crippen LogP contribution in [-0.4, -0.2) is 42.3 Å². The molecule has 8 nitrogen and oxygen atoms in total. The van der Waals surface area contributed by atoms with E-state index in [-0.39, 0.29) is 34.4 Å². The third-order valence-corrected chi connectivity index (χ3v) is 6.54. The van der Waals surface area contributed by atoms with Crippen molar-refractivity contribution < 1.29 is 23.9 Å². The standard InChI is InChI=1S/C22H25N3O5S2/c1-5-7-15-9-8-14(12-23)19(24-15)31-11-10-16(26)25-20-17(21(27)29-4)13(3)18(32-20)22(28)30-6-2/h8-9H,5-7,10-11H2,1-4H3,(H,25,26). The van der Waals surface area contributed by atoms with Crippen LogP contribution in [0, 0.1) is 18.3 Å². The van der Waals surface area contributed by atoms with Gasteiger partial charge in [-0.25, -0.2) is 14.6 Å². The highest BCUT2D eigenvalue weighted by atomic mass is 32.2. The van der Waals surface area contributed by atoms with Crippen LogP contribution in [0.1, 0.15) is 63.5 Å². The second-order valence-corrected chi connectivity index (χ2v) is 8.74. The molecular weight excluding hydrogens is 450 g/mol. The Morgan fingerprint density at radius 2 is 2.00 bits per heavy atom. The minimum absolute atomic E-state index is 0.127. The molecule has 0 spiro atoms. The monoisotopic (exact) mass is 475 g/mol. The molecule has 2 rings (SSSR count). The van der Waals surface area contributed by atoms with Gasteiger partial charge in [0.2, 0.25) is 5.91 Å².